The molecular weight excluding hydrogens is 240 g/mol. The van der Waals surface area contributed by atoms with Crippen molar-refractivity contribution in [2.75, 3.05) is 24.6 Å². The van der Waals surface area contributed by atoms with Gasteiger partial charge in [-0.25, -0.2) is 0 Å². The summed E-state index contributed by atoms with van der Waals surface area (Å²) in [5.74, 6) is 1.15. The Hall–Kier alpha value is -1.55. The fourth-order valence-corrected chi connectivity index (χ4v) is 2.95. The zero-order chi connectivity index (χ0) is 13.2. The molecule has 2 aliphatic heterocycles. The second-order valence-corrected chi connectivity index (χ2v) is 5.30. The maximum Gasteiger partial charge on any atom is 0.231 e. The fourth-order valence-electron chi connectivity index (χ4n) is 2.95. The van der Waals surface area contributed by atoms with E-state index in [1.165, 1.54) is 0 Å². The van der Waals surface area contributed by atoms with Crippen LogP contribution in [0.3, 0.4) is 0 Å². The van der Waals surface area contributed by atoms with Crippen LogP contribution < -0.4 is 15.0 Å². The van der Waals surface area contributed by atoms with Gasteiger partial charge in [-0.15, -0.1) is 0 Å². The molecule has 2 heterocycles. The molecule has 4 heteroatoms. The summed E-state index contributed by atoms with van der Waals surface area (Å²) in [6.07, 6.45) is 1.81. The number of nitrogens with one attached hydrogen (secondary N) is 1. The maximum absolute atomic E-state index is 12.8. The lowest BCUT2D eigenvalue weighted by Gasteiger charge is -2.26. The highest BCUT2D eigenvalue weighted by atomic mass is 16.5. The van der Waals surface area contributed by atoms with Crippen LogP contribution in [-0.4, -0.2) is 31.6 Å². The molecule has 102 valence electrons. The normalized spacial score (nSPS) is 26.5. The van der Waals surface area contributed by atoms with Crippen LogP contribution >= 0.6 is 0 Å². The minimum absolute atomic E-state index is 0.0890. The van der Waals surface area contributed by atoms with Gasteiger partial charge < -0.3 is 15.0 Å². The zero-order valence-electron chi connectivity index (χ0n) is 11.3. The van der Waals surface area contributed by atoms with Crippen LogP contribution in [0.4, 0.5) is 5.69 Å². The van der Waals surface area contributed by atoms with Crippen molar-refractivity contribution in [2.24, 2.45) is 5.92 Å². The number of benzene rings is 1. The third kappa shape index (κ3) is 2.32. The highest BCUT2D eigenvalue weighted by molar-refractivity contribution is 5.97. The Morgan fingerprint density at radius 3 is 3.05 bits per heavy atom. The summed E-state index contributed by atoms with van der Waals surface area (Å²) in [7, 11) is 0. The van der Waals surface area contributed by atoms with Crippen LogP contribution in [0.5, 0.6) is 5.75 Å². The van der Waals surface area contributed by atoms with E-state index in [0.717, 1.165) is 37.4 Å². The van der Waals surface area contributed by atoms with Crippen molar-refractivity contribution in [1.29, 1.82) is 0 Å². The highest BCUT2D eigenvalue weighted by Crippen LogP contribution is 2.32. The monoisotopic (exact) mass is 260 g/mol. The number of fused-ring (bicyclic) bond motifs is 1. The minimum atomic E-state index is 0.0890. The average Bonchev–Trinajstić information content (AvgIpc) is 2.74. The molecule has 0 saturated carbocycles. The summed E-state index contributed by atoms with van der Waals surface area (Å²) in [5, 5.41) is 3.35. The van der Waals surface area contributed by atoms with E-state index in [-0.39, 0.29) is 17.9 Å². The molecule has 0 spiro atoms. The topological polar surface area (TPSA) is 41.6 Å². The van der Waals surface area contributed by atoms with Gasteiger partial charge in [-0.2, -0.15) is 0 Å². The van der Waals surface area contributed by atoms with Gasteiger partial charge in [0.05, 0.1) is 18.2 Å². The van der Waals surface area contributed by atoms with E-state index in [4.69, 9.17) is 4.74 Å². The number of nitrogens with zero attached hydrogens (tertiary/aromatic N) is 1. The third-order valence-corrected chi connectivity index (χ3v) is 4.05. The lowest BCUT2D eigenvalue weighted by molar-refractivity contribution is -0.122. The number of carbonyl (C=O) groups is 1. The minimum Gasteiger partial charge on any atom is -0.491 e. The number of amides is 1. The van der Waals surface area contributed by atoms with Gasteiger partial charge in [-0.1, -0.05) is 12.1 Å². The molecule has 3 rings (SSSR count). The standard InChI is InChI=1S/C15H20N2O2/c1-11-12(7-8-16-11)15(18)17-9-4-10-19-14-6-3-2-5-13(14)17/h2-3,5-6,11-12,16H,4,7-10H2,1H3. The predicted molar refractivity (Wildman–Crippen MR) is 74.5 cm³/mol. The van der Waals surface area contributed by atoms with Gasteiger partial charge in [0, 0.05) is 12.6 Å². The van der Waals surface area contributed by atoms with Crippen molar-refractivity contribution < 1.29 is 9.53 Å². The second-order valence-electron chi connectivity index (χ2n) is 5.30. The number of para-hydroxylation sites is 2. The maximum atomic E-state index is 12.8. The molecule has 2 unspecified atom stereocenters. The molecule has 1 saturated heterocycles. The number of hydrogen-bond donors (Lipinski definition) is 1. The highest BCUT2D eigenvalue weighted by Gasteiger charge is 2.34. The van der Waals surface area contributed by atoms with E-state index in [1.54, 1.807) is 0 Å². The van der Waals surface area contributed by atoms with E-state index >= 15 is 0 Å². The molecule has 1 fully saturated rings. The Labute approximate surface area is 113 Å². The lowest BCUT2D eigenvalue weighted by Crippen LogP contribution is -2.40. The number of ether oxygens (including phenoxy) is 1. The molecule has 1 aromatic carbocycles. The van der Waals surface area contributed by atoms with Crippen LogP contribution in [0, 0.1) is 5.92 Å². The van der Waals surface area contributed by atoms with E-state index < -0.39 is 0 Å². The molecule has 1 N–H and O–H groups in total. The van der Waals surface area contributed by atoms with Gasteiger partial charge in [0.2, 0.25) is 5.91 Å². The smallest absolute Gasteiger partial charge is 0.231 e. The molecule has 1 aromatic rings. The average molecular weight is 260 g/mol. The summed E-state index contributed by atoms with van der Waals surface area (Å²) in [5.41, 5.74) is 0.920. The molecule has 4 nitrogen and oxygen atoms in total. The summed E-state index contributed by atoms with van der Waals surface area (Å²) in [6, 6.07) is 8.10. The molecule has 0 radical (unpaired) electrons. The Balaban J connectivity index is 1.89. The molecule has 2 atom stereocenters. The Bertz CT molecular complexity index is 475. The van der Waals surface area contributed by atoms with Gasteiger partial charge in [0.15, 0.2) is 0 Å². The van der Waals surface area contributed by atoms with Gasteiger partial charge in [-0.05, 0) is 38.4 Å². The number of rotatable bonds is 1. The Morgan fingerprint density at radius 1 is 1.42 bits per heavy atom. The molecule has 1 amide bonds. The van der Waals surface area contributed by atoms with Crippen LogP contribution in [-0.2, 0) is 4.79 Å². The Morgan fingerprint density at radius 2 is 2.26 bits per heavy atom. The molecule has 0 aliphatic carbocycles. The van der Waals surface area contributed by atoms with Gasteiger partial charge in [0.1, 0.15) is 5.75 Å². The molecular formula is C15H20N2O2. The first kappa shape index (κ1) is 12.5. The molecule has 19 heavy (non-hydrogen) atoms. The van der Waals surface area contributed by atoms with Crippen LogP contribution in [0.2, 0.25) is 0 Å². The van der Waals surface area contributed by atoms with E-state index in [0.29, 0.717) is 6.61 Å². The quantitative estimate of drug-likeness (QED) is 0.837. The van der Waals surface area contributed by atoms with Crippen LogP contribution in [0.25, 0.3) is 0 Å². The number of hydrogen-bond acceptors (Lipinski definition) is 3. The SMILES string of the molecule is CC1NCCC1C(=O)N1CCCOc2ccccc21. The van der Waals surface area contributed by atoms with Crippen molar-refractivity contribution in [2.45, 2.75) is 25.8 Å². The Kier molecular flexibility index (Phi) is 3.42. The molecule has 0 aromatic heterocycles. The van der Waals surface area contributed by atoms with E-state index in [1.807, 2.05) is 29.2 Å². The van der Waals surface area contributed by atoms with E-state index in [9.17, 15) is 4.79 Å². The number of carbonyl (C=O) groups excluding carboxylic acids is 1. The first-order valence-electron chi connectivity index (χ1n) is 7.04. The first-order valence-corrected chi connectivity index (χ1v) is 7.04. The van der Waals surface area contributed by atoms with Crippen molar-refractivity contribution in [1.82, 2.24) is 5.32 Å². The van der Waals surface area contributed by atoms with Gasteiger partial charge in [-0.3, -0.25) is 4.79 Å². The van der Waals surface area contributed by atoms with Crippen molar-refractivity contribution >= 4 is 11.6 Å². The van der Waals surface area contributed by atoms with Gasteiger partial charge in [0.25, 0.3) is 0 Å². The van der Waals surface area contributed by atoms with Crippen molar-refractivity contribution in [3.05, 3.63) is 24.3 Å². The van der Waals surface area contributed by atoms with Crippen molar-refractivity contribution in [3.63, 3.8) is 0 Å². The fraction of sp³-hybridized carbons (Fsp3) is 0.533. The van der Waals surface area contributed by atoms with E-state index in [2.05, 4.69) is 12.2 Å². The first-order chi connectivity index (χ1) is 9.27. The van der Waals surface area contributed by atoms with Crippen molar-refractivity contribution in [3.8, 4) is 5.75 Å². The second kappa shape index (κ2) is 5.21. The zero-order valence-corrected chi connectivity index (χ0v) is 11.3. The van der Waals surface area contributed by atoms with Crippen LogP contribution in [0.1, 0.15) is 19.8 Å². The van der Waals surface area contributed by atoms with Crippen LogP contribution in [0.15, 0.2) is 24.3 Å². The third-order valence-electron chi connectivity index (χ3n) is 4.05. The predicted octanol–water partition coefficient (Wildman–Crippen LogP) is 1.80. The van der Waals surface area contributed by atoms with Gasteiger partial charge >= 0.3 is 0 Å². The largest absolute Gasteiger partial charge is 0.491 e. The lowest BCUT2D eigenvalue weighted by atomic mass is 10.00. The summed E-state index contributed by atoms with van der Waals surface area (Å²) in [4.78, 5) is 14.7. The summed E-state index contributed by atoms with van der Waals surface area (Å²) >= 11 is 0. The number of anilines is 1. The summed E-state index contributed by atoms with van der Waals surface area (Å²) < 4.78 is 5.71. The molecule has 2 aliphatic rings. The summed E-state index contributed by atoms with van der Waals surface area (Å²) in [6.45, 7) is 4.46. The molecule has 0 bridgehead atoms.